The predicted octanol–water partition coefficient (Wildman–Crippen LogP) is 1.67. The number of nitrogens with zero attached hydrogens (tertiary/aromatic N) is 1. The molecular weight excluding hydrogens is 286 g/mol. The van der Waals surface area contributed by atoms with Gasteiger partial charge in [0.1, 0.15) is 0 Å². The van der Waals surface area contributed by atoms with Crippen molar-refractivity contribution >= 4 is 15.7 Å². The second kappa shape index (κ2) is 4.83. The van der Waals surface area contributed by atoms with Gasteiger partial charge in [-0.3, -0.25) is 4.79 Å². The third-order valence-electron chi connectivity index (χ3n) is 4.84. The van der Waals surface area contributed by atoms with E-state index >= 15 is 0 Å². The molecule has 0 radical (unpaired) electrons. The summed E-state index contributed by atoms with van der Waals surface area (Å²) in [5.41, 5.74) is 1.83. The van der Waals surface area contributed by atoms with Crippen molar-refractivity contribution < 1.29 is 13.2 Å². The van der Waals surface area contributed by atoms with Gasteiger partial charge in [0.05, 0.1) is 16.9 Å². The van der Waals surface area contributed by atoms with Crippen LogP contribution in [0.2, 0.25) is 0 Å². The summed E-state index contributed by atoms with van der Waals surface area (Å²) in [6, 6.07) is 7.95. The van der Waals surface area contributed by atoms with Crippen LogP contribution in [-0.4, -0.2) is 43.8 Å². The largest absolute Gasteiger partial charge is 0.341 e. The number of amides is 1. The highest BCUT2D eigenvalue weighted by Crippen LogP contribution is 2.50. The maximum Gasteiger partial charge on any atom is 0.233 e. The summed E-state index contributed by atoms with van der Waals surface area (Å²) in [7, 11) is -1.21. The molecule has 2 fully saturated rings. The molecule has 1 heterocycles. The topological polar surface area (TPSA) is 54.5 Å². The molecule has 1 saturated carbocycles. The number of likely N-dealkylation sites (N-methyl/N-ethyl adjacent to an activating group) is 1. The predicted molar refractivity (Wildman–Crippen MR) is 81.9 cm³/mol. The third kappa shape index (κ3) is 2.59. The fourth-order valence-corrected chi connectivity index (χ4v) is 4.98. The van der Waals surface area contributed by atoms with Crippen LogP contribution in [0.4, 0.5) is 0 Å². The fraction of sp³-hybridized carbons (Fsp3) is 0.562. The molecule has 1 saturated heterocycles. The molecule has 0 N–H and O–H groups in total. The smallest absolute Gasteiger partial charge is 0.233 e. The van der Waals surface area contributed by atoms with E-state index < -0.39 is 15.3 Å². The minimum atomic E-state index is -2.96. The van der Waals surface area contributed by atoms with E-state index in [1.807, 2.05) is 31.2 Å². The summed E-state index contributed by atoms with van der Waals surface area (Å²) in [5, 5.41) is 0. The molecule has 1 amide bonds. The van der Waals surface area contributed by atoms with Gasteiger partial charge in [-0.15, -0.1) is 0 Å². The molecule has 1 aliphatic heterocycles. The minimum absolute atomic E-state index is 0.0773. The van der Waals surface area contributed by atoms with Crippen molar-refractivity contribution in [1.29, 1.82) is 0 Å². The van der Waals surface area contributed by atoms with Crippen LogP contribution < -0.4 is 0 Å². The molecular formula is C16H21NO3S. The quantitative estimate of drug-likeness (QED) is 0.853. The van der Waals surface area contributed by atoms with Crippen molar-refractivity contribution in [3.05, 3.63) is 35.4 Å². The lowest BCUT2D eigenvalue weighted by atomic mass is 9.93. The zero-order chi connectivity index (χ0) is 15.3. The summed E-state index contributed by atoms with van der Waals surface area (Å²) in [4.78, 5) is 14.5. The highest BCUT2D eigenvalue weighted by atomic mass is 32.2. The molecule has 3 rings (SSSR count). The van der Waals surface area contributed by atoms with Crippen LogP contribution in [0.15, 0.2) is 24.3 Å². The van der Waals surface area contributed by atoms with E-state index in [1.54, 1.807) is 11.9 Å². The molecule has 0 spiro atoms. The lowest BCUT2D eigenvalue weighted by Crippen LogP contribution is -2.43. The van der Waals surface area contributed by atoms with Gasteiger partial charge in [0.15, 0.2) is 9.84 Å². The van der Waals surface area contributed by atoms with E-state index in [0.717, 1.165) is 18.4 Å². The normalized spacial score (nSPS) is 25.5. The first-order valence-electron chi connectivity index (χ1n) is 7.39. The Morgan fingerprint density at radius 3 is 2.33 bits per heavy atom. The Morgan fingerprint density at radius 1 is 1.24 bits per heavy atom. The molecule has 1 atom stereocenters. The van der Waals surface area contributed by atoms with Crippen LogP contribution in [0.3, 0.4) is 0 Å². The maximum absolute atomic E-state index is 12.8. The molecule has 1 aliphatic carbocycles. The minimum Gasteiger partial charge on any atom is -0.341 e. The Labute approximate surface area is 126 Å². The van der Waals surface area contributed by atoms with Crippen LogP contribution in [0.25, 0.3) is 0 Å². The van der Waals surface area contributed by atoms with Gasteiger partial charge in [0.25, 0.3) is 0 Å². The van der Waals surface area contributed by atoms with Gasteiger partial charge in [-0.25, -0.2) is 8.42 Å². The van der Waals surface area contributed by atoms with Crippen molar-refractivity contribution in [2.75, 3.05) is 18.6 Å². The van der Waals surface area contributed by atoms with E-state index in [4.69, 9.17) is 0 Å². The summed E-state index contributed by atoms with van der Waals surface area (Å²) >= 11 is 0. The van der Waals surface area contributed by atoms with E-state index in [-0.39, 0.29) is 23.5 Å². The van der Waals surface area contributed by atoms with Crippen LogP contribution in [0.5, 0.6) is 0 Å². The van der Waals surface area contributed by atoms with Crippen molar-refractivity contribution in [2.45, 2.75) is 37.6 Å². The Hall–Kier alpha value is -1.36. The molecule has 4 nitrogen and oxygen atoms in total. The highest BCUT2D eigenvalue weighted by Gasteiger charge is 2.53. The zero-order valence-corrected chi connectivity index (χ0v) is 13.3. The summed E-state index contributed by atoms with van der Waals surface area (Å²) < 4.78 is 23.2. The van der Waals surface area contributed by atoms with Gasteiger partial charge in [-0.05, 0) is 31.7 Å². The standard InChI is InChI=1S/C16H21NO3S/c1-12-3-5-13(6-4-12)16(8-9-16)15(18)17(2)14-7-10-21(19,20)11-14/h3-6,14H,7-11H2,1-2H3. The van der Waals surface area contributed by atoms with E-state index in [2.05, 4.69) is 0 Å². The second-order valence-electron chi connectivity index (χ2n) is 6.42. The van der Waals surface area contributed by atoms with Crippen molar-refractivity contribution in [3.8, 4) is 0 Å². The fourth-order valence-electron chi connectivity index (χ4n) is 3.21. The number of benzene rings is 1. The van der Waals surface area contributed by atoms with E-state index in [0.29, 0.717) is 6.42 Å². The number of sulfone groups is 1. The molecule has 0 aromatic heterocycles. The monoisotopic (exact) mass is 307 g/mol. The number of rotatable bonds is 3. The van der Waals surface area contributed by atoms with Gasteiger partial charge in [-0.1, -0.05) is 29.8 Å². The first-order chi connectivity index (χ1) is 9.84. The molecule has 1 unspecified atom stereocenters. The molecule has 1 aromatic rings. The van der Waals surface area contributed by atoms with Gasteiger partial charge in [0.2, 0.25) is 5.91 Å². The van der Waals surface area contributed by atoms with Crippen molar-refractivity contribution in [3.63, 3.8) is 0 Å². The van der Waals surface area contributed by atoms with Crippen LogP contribution >= 0.6 is 0 Å². The lowest BCUT2D eigenvalue weighted by Gasteiger charge is -2.28. The SMILES string of the molecule is Cc1ccc(C2(C(=O)N(C)C3CCS(=O)(=O)C3)CC2)cc1. The number of carbonyl (C=O) groups is 1. The van der Waals surface area contributed by atoms with E-state index in [9.17, 15) is 13.2 Å². The van der Waals surface area contributed by atoms with Gasteiger partial charge in [-0.2, -0.15) is 0 Å². The van der Waals surface area contributed by atoms with Crippen LogP contribution in [-0.2, 0) is 20.0 Å². The zero-order valence-electron chi connectivity index (χ0n) is 12.5. The number of aryl methyl sites for hydroxylation is 1. The molecule has 0 bridgehead atoms. The Balaban J connectivity index is 1.80. The molecule has 1 aromatic carbocycles. The molecule has 5 heteroatoms. The first-order valence-corrected chi connectivity index (χ1v) is 9.21. The highest BCUT2D eigenvalue weighted by molar-refractivity contribution is 7.91. The molecule has 2 aliphatic rings. The Bertz CT molecular complexity index is 659. The number of carbonyl (C=O) groups excluding carboxylic acids is 1. The Morgan fingerprint density at radius 2 is 1.86 bits per heavy atom. The van der Waals surface area contributed by atoms with Gasteiger partial charge in [0, 0.05) is 13.1 Å². The maximum atomic E-state index is 12.8. The van der Waals surface area contributed by atoms with Gasteiger partial charge >= 0.3 is 0 Å². The lowest BCUT2D eigenvalue weighted by molar-refractivity contribution is -0.134. The number of hydrogen-bond acceptors (Lipinski definition) is 3. The van der Waals surface area contributed by atoms with E-state index in [1.165, 1.54) is 5.56 Å². The summed E-state index contributed by atoms with van der Waals surface area (Å²) in [5.74, 6) is 0.389. The molecule has 21 heavy (non-hydrogen) atoms. The summed E-state index contributed by atoms with van der Waals surface area (Å²) in [6.45, 7) is 2.03. The molecule has 114 valence electrons. The third-order valence-corrected chi connectivity index (χ3v) is 6.59. The van der Waals surface area contributed by atoms with Gasteiger partial charge < -0.3 is 4.90 Å². The van der Waals surface area contributed by atoms with Crippen LogP contribution in [0, 0.1) is 6.92 Å². The second-order valence-corrected chi connectivity index (χ2v) is 8.65. The first kappa shape index (κ1) is 14.6. The Kier molecular flexibility index (Phi) is 3.35. The average Bonchev–Trinajstić information content (AvgIpc) is 3.17. The summed E-state index contributed by atoms with van der Waals surface area (Å²) in [6.07, 6.45) is 2.28. The average molecular weight is 307 g/mol. The van der Waals surface area contributed by atoms with Crippen molar-refractivity contribution in [2.24, 2.45) is 0 Å². The number of hydrogen-bond donors (Lipinski definition) is 0. The van der Waals surface area contributed by atoms with Crippen LogP contribution in [0.1, 0.15) is 30.4 Å². The van der Waals surface area contributed by atoms with Crippen molar-refractivity contribution in [1.82, 2.24) is 4.90 Å².